The predicted molar refractivity (Wildman–Crippen MR) is 88.6 cm³/mol. The summed E-state index contributed by atoms with van der Waals surface area (Å²) in [7, 11) is 0. The first kappa shape index (κ1) is 15.1. The van der Waals surface area contributed by atoms with Crippen LogP contribution in [0.1, 0.15) is 28.9 Å². The van der Waals surface area contributed by atoms with Crippen molar-refractivity contribution in [2.75, 3.05) is 5.73 Å². The molecule has 0 aliphatic rings. The number of carbonyl (C=O) groups is 1. The molecule has 0 aromatic heterocycles. The van der Waals surface area contributed by atoms with E-state index in [0.717, 1.165) is 14.5 Å². The lowest BCUT2D eigenvalue weighted by Gasteiger charge is -2.15. The SMILES string of the molecule is C[C@@H](NC(=O)c1ccc(N)c(Br)c1)c1ccc(Br)cc1. The summed E-state index contributed by atoms with van der Waals surface area (Å²) in [6, 6.07) is 13.0. The fourth-order valence-electron chi connectivity index (χ4n) is 1.78. The lowest BCUT2D eigenvalue weighted by atomic mass is 10.1. The van der Waals surface area contributed by atoms with E-state index in [1.165, 1.54) is 0 Å². The molecule has 2 aromatic rings. The molecule has 3 N–H and O–H groups in total. The van der Waals surface area contributed by atoms with Crippen molar-refractivity contribution in [3.8, 4) is 0 Å². The van der Waals surface area contributed by atoms with E-state index in [4.69, 9.17) is 5.73 Å². The van der Waals surface area contributed by atoms with Crippen molar-refractivity contribution < 1.29 is 4.79 Å². The summed E-state index contributed by atoms with van der Waals surface area (Å²) in [5.41, 5.74) is 7.96. The number of halogens is 2. The molecule has 5 heteroatoms. The summed E-state index contributed by atoms with van der Waals surface area (Å²) in [4.78, 5) is 12.2. The molecule has 3 nitrogen and oxygen atoms in total. The third-order valence-corrected chi connectivity index (χ3v) is 4.20. The largest absolute Gasteiger partial charge is 0.398 e. The lowest BCUT2D eigenvalue weighted by Crippen LogP contribution is -2.26. The Balaban J connectivity index is 2.10. The van der Waals surface area contributed by atoms with Gasteiger partial charge in [0.2, 0.25) is 0 Å². The standard InChI is InChI=1S/C15H14Br2N2O/c1-9(10-2-5-12(16)6-3-10)19-15(20)11-4-7-14(18)13(17)8-11/h2-9H,18H2,1H3,(H,19,20)/t9-/m1/s1. The normalized spacial score (nSPS) is 11.9. The van der Waals surface area contributed by atoms with Crippen molar-refractivity contribution >= 4 is 43.5 Å². The van der Waals surface area contributed by atoms with Gasteiger partial charge in [0.15, 0.2) is 0 Å². The minimum atomic E-state index is -0.124. The van der Waals surface area contributed by atoms with Crippen LogP contribution >= 0.6 is 31.9 Å². The molecule has 0 bridgehead atoms. The van der Waals surface area contributed by atoms with Crippen molar-refractivity contribution in [3.05, 3.63) is 62.5 Å². The van der Waals surface area contributed by atoms with Gasteiger partial charge in [-0.25, -0.2) is 0 Å². The Hall–Kier alpha value is -1.33. The molecule has 0 heterocycles. The maximum absolute atomic E-state index is 12.2. The summed E-state index contributed by atoms with van der Waals surface area (Å²) in [6.07, 6.45) is 0. The third kappa shape index (κ3) is 3.61. The van der Waals surface area contributed by atoms with Crippen LogP contribution < -0.4 is 11.1 Å². The molecule has 0 saturated heterocycles. The molecule has 104 valence electrons. The Bertz CT molecular complexity index is 626. The summed E-state index contributed by atoms with van der Waals surface area (Å²) in [6.45, 7) is 1.95. The van der Waals surface area contributed by atoms with Crippen LogP contribution in [0, 0.1) is 0 Å². The van der Waals surface area contributed by atoms with E-state index in [1.54, 1.807) is 18.2 Å². The van der Waals surface area contributed by atoms with Gasteiger partial charge in [0.25, 0.3) is 5.91 Å². The van der Waals surface area contributed by atoms with Gasteiger partial charge in [-0.2, -0.15) is 0 Å². The van der Waals surface area contributed by atoms with Crippen LogP contribution in [0.5, 0.6) is 0 Å². The first-order valence-corrected chi connectivity index (χ1v) is 7.67. The highest BCUT2D eigenvalue weighted by Crippen LogP contribution is 2.21. The Morgan fingerprint density at radius 1 is 1.15 bits per heavy atom. The molecule has 20 heavy (non-hydrogen) atoms. The van der Waals surface area contributed by atoms with Gasteiger partial charge in [-0.3, -0.25) is 4.79 Å². The number of hydrogen-bond acceptors (Lipinski definition) is 2. The zero-order chi connectivity index (χ0) is 14.7. The van der Waals surface area contributed by atoms with E-state index in [0.29, 0.717) is 11.3 Å². The van der Waals surface area contributed by atoms with Gasteiger partial charge in [-0.1, -0.05) is 28.1 Å². The number of hydrogen-bond donors (Lipinski definition) is 2. The number of rotatable bonds is 3. The van der Waals surface area contributed by atoms with Crippen LogP contribution in [0.15, 0.2) is 51.4 Å². The van der Waals surface area contributed by atoms with E-state index in [9.17, 15) is 4.79 Å². The van der Waals surface area contributed by atoms with Gasteiger partial charge in [0.1, 0.15) is 0 Å². The number of anilines is 1. The molecule has 2 aromatic carbocycles. The summed E-state index contributed by atoms with van der Waals surface area (Å²) in [5.74, 6) is -0.124. The monoisotopic (exact) mass is 396 g/mol. The average Bonchev–Trinajstić information content (AvgIpc) is 2.42. The first-order chi connectivity index (χ1) is 9.47. The van der Waals surface area contributed by atoms with Crippen LogP contribution in [0.2, 0.25) is 0 Å². The van der Waals surface area contributed by atoms with Crippen molar-refractivity contribution in [3.63, 3.8) is 0 Å². The van der Waals surface area contributed by atoms with Gasteiger partial charge >= 0.3 is 0 Å². The zero-order valence-electron chi connectivity index (χ0n) is 10.9. The smallest absolute Gasteiger partial charge is 0.251 e. The van der Waals surface area contributed by atoms with Crippen LogP contribution in [-0.2, 0) is 0 Å². The zero-order valence-corrected chi connectivity index (χ0v) is 14.0. The average molecular weight is 398 g/mol. The van der Waals surface area contributed by atoms with E-state index >= 15 is 0 Å². The molecule has 0 unspecified atom stereocenters. The number of nitrogens with one attached hydrogen (secondary N) is 1. The highest BCUT2D eigenvalue weighted by atomic mass is 79.9. The number of nitrogens with two attached hydrogens (primary N) is 1. The minimum absolute atomic E-state index is 0.0630. The van der Waals surface area contributed by atoms with Crippen LogP contribution in [-0.4, -0.2) is 5.91 Å². The molecule has 0 radical (unpaired) electrons. The van der Waals surface area contributed by atoms with Gasteiger partial charge in [0.05, 0.1) is 6.04 Å². The summed E-state index contributed by atoms with van der Waals surface area (Å²) < 4.78 is 1.74. The van der Waals surface area contributed by atoms with E-state index < -0.39 is 0 Å². The van der Waals surface area contributed by atoms with E-state index in [2.05, 4.69) is 37.2 Å². The van der Waals surface area contributed by atoms with Gasteiger partial charge in [-0.05, 0) is 58.7 Å². The topological polar surface area (TPSA) is 55.1 Å². The van der Waals surface area contributed by atoms with Crippen molar-refractivity contribution in [1.29, 1.82) is 0 Å². The molecule has 0 fully saturated rings. The Labute approximate surface area is 134 Å². The van der Waals surface area contributed by atoms with Gasteiger partial charge in [-0.15, -0.1) is 0 Å². The Kier molecular flexibility index (Phi) is 4.83. The van der Waals surface area contributed by atoms with Crippen LogP contribution in [0.25, 0.3) is 0 Å². The lowest BCUT2D eigenvalue weighted by molar-refractivity contribution is 0.0940. The molecule has 0 aliphatic carbocycles. The minimum Gasteiger partial charge on any atom is -0.398 e. The van der Waals surface area contributed by atoms with Crippen molar-refractivity contribution in [2.24, 2.45) is 0 Å². The maximum atomic E-state index is 12.2. The molecule has 1 amide bonds. The number of nitrogen functional groups attached to an aromatic ring is 1. The maximum Gasteiger partial charge on any atom is 0.251 e. The highest BCUT2D eigenvalue weighted by molar-refractivity contribution is 9.10. The number of carbonyl (C=O) groups excluding carboxylic acids is 1. The fraction of sp³-hybridized carbons (Fsp3) is 0.133. The fourth-order valence-corrected chi connectivity index (χ4v) is 2.43. The van der Waals surface area contributed by atoms with Crippen LogP contribution in [0.3, 0.4) is 0 Å². The molecule has 2 rings (SSSR count). The Morgan fingerprint density at radius 3 is 2.40 bits per heavy atom. The second-order valence-electron chi connectivity index (χ2n) is 4.48. The molecule has 0 saturated carbocycles. The quantitative estimate of drug-likeness (QED) is 0.759. The summed E-state index contributed by atoms with van der Waals surface area (Å²) >= 11 is 6.72. The van der Waals surface area contributed by atoms with Crippen molar-refractivity contribution in [2.45, 2.75) is 13.0 Å². The summed E-state index contributed by atoms with van der Waals surface area (Å²) in [5, 5.41) is 2.96. The third-order valence-electron chi connectivity index (χ3n) is 2.98. The molecule has 1 atom stereocenters. The van der Waals surface area contributed by atoms with E-state index in [-0.39, 0.29) is 11.9 Å². The molecule has 0 aliphatic heterocycles. The predicted octanol–water partition coefficient (Wildman–Crippen LogP) is 4.28. The van der Waals surface area contributed by atoms with Gasteiger partial charge < -0.3 is 11.1 Å². The molecule has 0 spiro atoms. The van der Waals surface area contributed by atoms with E-state index in [1.807, 2.05) is 31.2 Å². The molecular formula is C15H14Br2N2O. The second kappa shape index (κ2) is 6.41. The van der Waals surface area contributed by atoms with Gasteiger partial charge in [0, 0.05) is 20.2 Å². The number of amides is 1. The molecular weight excluding hydrogens is 384 g/mol. The first-order valence-electron chi connectivity index (χ1n) is 6.08. The number of benzene rings is 2. The second-order valence-corrected chi connectivity index (χ2v) is 6.25. The highest BCUT2D eigenvalue weighted by Gasteiger charge is 2.12. The van der Waals surface area contributed by atoms with Crippen LogP contribution in [0.4, 0.5) is 5.69 Å². The Morgan fingerprint density at radius 2 is 1.80 bits per heavy atom. The van der Waals surface area contributed by atoms with Crippen molar-refractivity contribution in [1.82, 2.24) is 5.32 Å².